The Morgan fingerprint density at radius 3 is 2.63 bits per heavy atom. The third-order valence-corrected chi connectivity index (χ3v) is 2.83. The molecule has 0 saturated carbocycles. The lowest BCUT2D eigenvalue weighted by Crippen LogP contribution is -2.18. The van der Waals surface area contributed by atoms with Gasteiger partial charge in [0.25, 0.3) is 0 Å². The molecule has 0 bridgehead atoms. The van der Waals surface area contributed by atoms with Crippen LogP contribution in [-0.2, 0) is 0 Å². The van der Waals surface area contributed by atoms with Gasteiger partial charge in [0.05, 0.1) is 18.8 Å². The Hall–Kier alpha value is -2.17. The summed E-state index contributed by atoms with van der Waals surface area (Å²) in [5, 5.41) is 3.38. The molecule has 2 heterocycles. The summed E-state index contributed by atoms with van der Waals surface area (Å²) >= 11 is 0. The molecule has 5 nitrogen and oxygen atoms in total. The summed E-state index contributed by atoms with van der Waals surface area (Å²) in [6.45, 7) is 4.29. The summed E-state index contributed by atoms with van der Waals surface area (Å²) in [4.78, 5) is 12.6. The third-order valence-electron chi connectivity index (χ3n) is 2.83. The van der Waals surface area contributed by atoms with E-state index in [1.807, 2.05) is 18.2 Å². The van der Waals surface area contributed by atoms with Gasteiger partial charge in [-0.15, -0.1) is 0 Å². The highest BCUT2D eigenvalue weighted by Gasteiger charge is 2.17. The molecule has 0 saturated heterocycles. The Kier molecular flexibility index (Phi) is 4.28. The fraction of sp³-hybridized carbons (Fsp3) is 0.357. The maximum atomic E-state index is 5.10. The monoisotopic (exact) mass is 258 g/mol. The van der Waals surface area contributed by atoms with Gasteiger partial charge in [0.15, 0.2) is 0 Å². The minimum atomic E-state index is 0.0980. The van der Waals surface area contributed by atoms with Crippen LogP contribution in [0, 0.1) is 5.92 Å². The normalized spacial score (nSPS) is 12.2. The molecule has 2 rings (SSSR count). The molecule has 0 spiro atoms. The van der Waals surface area contributed by atoms with Crippen LogP contribution in [-0.4, -0.2) is 22.1 Å². The van der Waals surface area contributed by atoms with Crippen molar-refractivity contribution in [3.63, 3.8) is 0 Å². The lowest BCUT2D eigenvalue weighted by molar-refractivity contribution is 0.397. The van der Waals surface area contributed by atoms with Crippen LogP contribution in [0.15, 0.2) is 36.8 Å². The lowest BCUT2D eigenvalue weighted by Gasteiger charge is -2.22. The predicted molar refractivity (Wildman–Crippen MR) is 74.0 cm³/mol. The minimum absolute atomic E-state index is 0.0980. The summed E-state index contributed by atoms with van der Waals surface area (Å²) in [7, 11) is 1.59. The van der Waals surface area contributed by atoms with Gasteiger partial charge in [-0.1, -0.05) is 19.9 Å². The van der Waals surface area contributed by atoms with E-state index in [4.69, 9.17) is 4.74 Å². The van der Waals surface area contributed by atoms with Crippen LogP contribution in [0.1, 0.15) is 25.6 Å². The van der Waals surface area contributed by atoms with Crippen molar-refractivity contribution in [2.75, 3.05) is 12.4 Å². The molecule has 2 aromatic rings. The van der Waals surface area contributed by atoms with E-state index in [9.17, 15) is 0 Å². The molecule has 0 aromatic carbocycles. The SMILES string of the molecule is COc1cc(NC(c2ccccn2)C(C)C)ncn1. The molecule has 0 amide bonds. The number of ether oxygens (including phenoxy) is 1. The number of pyridine rings is 1. The van der Waals surface area contributed by atoms with E-state index >= 15 is 0 Å². The molecule has 1 N–H and O–H groups in total. The zero-order valence-electron chi connectivity index (χ0n) is 11.4. The van der Waals surface area contributed by atoms with E-state index < -0.39 is 0 Å². The number of nitrogens with zero attached hydrogens (tertiary/aromatic N) is 3. The third kappa shape index (κ3) is 3.40. The first-order chi connectivity index (χ1) is 9.20. The van der Waals surface area contributed by atoms with Gasteiger partial charge in [-0.2, -0.15) is 0 Å². The summed E-state index contributed by atoms with van der Waals surface area (Å²) in [6.07, 6.45) is 3.28. The highest BCUT2D eigenvalue weighted by Crippen LogP contribution is 2.24. The summed E-state index contributed by atoms with van der Waals surface area (Å²) in [5.41, 5.74) is 0.995. The van der Waals surface area contributed by atoms with E-state index in [0.29, 0.717) is 11.8 Å². The molecule has 5 heteroatoms. The topological polar surface area (TPSA) is 59.9 Å². The fourth-order valence-corrected chi connectivity index (χ4v) is 1.83. The Morgan fingerprint density at radius 2 is 2.00 bits per heavy atom. The molecule has 1 atom stereocenters. The number of aromatic nitrogens is 3. The van der Waals surface area contributed by atoms with Gasteiger partial charge < -0.3 is 10.1 Å². The Labute approximate surface area is 113 Å². The van der Waals surface area contributed by atoms with Gasteiger partial charge in [-0.05, 0) is 18.1 Å². The van der Waals surface area contributed by atoms with Gasteiger partial charge in [-0.25, -0.2) is 9.97 Å². The van der Waals surface area contributed by atoms with Crippen LogP contribution in [0.4, 0.5) is 5.82 Å². The van der Waals surface area contributed by atoms with Crippen molar-refractivity contribution >= 4 is 5.82 Å². The second-order valence-corrected chi connectivity index (χ2v) is 4.57. The smallest absolute Gasteiger partial charge is 0.218 e. The van der Waals surface area contributed by atoms with Crippen LogP contribution in [0.25, 0.3) is 0 Å². The second-order valence-electron chi connectivity index (χ2n) is 4.57. The number of nitrogens with one attached hydrogen (secondary N) is 1. The first kappa shape index (κ1) is 13.3. The van der Waals surface area contributed by atoms with Gasteiger partial charge in [0, 0.05) is 12.3 Å². The molecule has 0 radical (unpaired) electrons. The molecule has 0 aliphatic rings. The second kappa shape index (κ2) is 6.13. The molecular formula is C14H18N4O. The molecule has 0 aliphatic carbocycles. The molecule has 19 heavy (non-hydrogen) atoms. The lowest BCUT2D eigenvalue weighted by atomic mass is 10.0. The average Bonchev–Trinajstić information content (AvgIpc) is 2.45. The first-order valence-corrected chi connectivity index (χ1v) is 6.24. The van der Waals surface area contributed by atoms with E-state index in [0.717, 1.165) is 11.5 Å². The van der Waals surface area contributed by atoms with Crippen molar-refractivity contribution in [1.29, 1.82) is 0 Å². The van der Waals surface area contributed by atoms with E-state index in [1.165, 1.54) is 6.33 Å². The highest BCUT2D eigenvalue weighted by atomic mass is 16.5. The highest BCUT2D eigenvalue weighted by molar-refractivity contribution is 5.39. The zero-order valence-corrected chi connectivity index (χ0v) is 11.4. The molecular weight excluding hydrogens is 240 g/mol. The number of anilines is 1. The van der Waals surface area contributed by atoms with Crippen LogP contribution in [0.3, 0.4) is 0 Å². The number of hydrogen-bond acceptors (Lipinski definition) is 5. The molecule has 0 aliphatic heterocycles. The average molecular weight is 258 g/mol. The summed E-state index contributed by atoms with van der Waals surface area (Å²) < 4.78 is 5.10. The largest absolute Gasteiger partial charge is 0.481 e. The number of methoxy groups -OCH3 is 1. The first-order valence-electron chi connectivity index (χ1n) is 6.24. The Balaban J connectivity index is 2.21. The summed E-state index contributed by atoms with van der Waals surface area (Å²) in [6, 6.07) is 7.78. The molecule has 100 valence electrons. The van der Waals surface area contributed by atoms with Gasteiger partial charge in [0.2, 0.25) is 5.88 Å². The van der Waals surface area contributed by atoms with Crippen molar-refractivity contribution in [3.05, 3.63) is 42.5 Å². The quantitative estimate of drug-likeness (QED) is 0.893. The maximum Gasteiger partial charge on any atom is 0.218 e. The van der Waals surface area contributed by atoms with Crippen molar-refractivity contribution in [1.82, 2.24) is 15.0 Å². The Morgan fingerprint density at radius 1 is 1.16 bits per heavy atom. The maximum absolute atomic E-state index is 5.10. The standard InChI is InChI=1S/C14H18N4O/c1-10(2)14(11-6-4-5-7-15-11)18-12-8-13(19-3)17-9-16-12/h4-10,14H,1-3H3,(H,16,17,18). The van der Waals surface area contributed by atoms with Crippen LogP contribution < -0.4 is 10.1 Å². The van der Waals surface area contributed by atoms with Crippen molar-refractivity contribution in [2.24, 2.45) is 5.92 Å². The van der Waals surface area contributed by atoms with Crippen molar-refractivity contribution in [3.8, 4) is 5.88 Å². The van der Waals surface area contributed by atoms with Gasteiger partial charge in [0.1, 0.15) is 12.1 Å². The van der Waals surface area contributed by atoms with Gasteiger partial charge >= 0.3 is 0 Å². The predicted octanol–water partition coefficient (Wildman–Crippen LogP) is 2.69. The van der Waals surface area contributed by atoms with E-state index in [1.54, 1.807) is 19.4 Å². The van der Waals surface area contributed by atoms with Crippen LogP contribution in [0.2, 0.25) is 0 Å². The van der Waals surface area contributed by atoms with Crippen LogP contribution in [0.5, 0.6) is 5.88 Å². The Bertz CT molecular complexity index is 516. The minimum Gasteiger partial charge on any atom is -0.481 e. The van der Waals surface area contributed by atoms with Gasteiger partial charge in [-0.3, -0.25) is 4.98 Å². The summed E-state index contributed by atoms with van der Waals surface area (Å²) in [5.74, 6) is 1.66. The van der Waals surface area contributed by atoms with Crippen LogP contribution >= 0.6 is 0 Å². The van der Waals surface area contributed by atoms with E-state index in [2.05, 4.69) is 34.1 Å². The zero-order chi connectivity index (χ0) is 13.7. The molecule has 1 unspecified atom stereocenters. The fourth-order valence-electron chi connectivity index (χ4n) is 1.83. The molecule has 0 fully saturated rings. The van der Waals surface area contributed by atoms with Crippen molar-refractivity contribution < 1.29 is 4.74 Å². The number of rotatable bonds is 5. The van der Waals surface area contributed by atoms with Crippen molar-refractivity contribution in [2.45, 2.75) is 19.9 Å². The molecule has 2 aromatic heterocycles. The van der Waals surface area contributed by atoms with E-state index in [-0.39, 0.29) is 6.04 Å². The number of hydrogen-bond donors (Lipinski definition) is 1.